The highest BCUT2D eigenvalue weighted by Gasteiger charge is 2.41. The Morgan fingerprint density at radius 3 is 2.75 bits per heavy atom. The van der Waals surface area contributed by atoms with Gasteiger partial charge in [0.2, 0.25) is 4.77 Å². The van der Waals surface area contributed by atoms with Crippen molar-refractivity contribution in [3.8, 4) is 0 Å². The molecule has 0 bridgehead atoms. The maximum absolute atomic E-state index is 13.5. The fourth-order valence-electron chi connectivity index (χ4n) is 2.39. The molecule has 0 aromatic carbocycles. The Bertz CT molecular complexity index is 729. The van der Waals surface area contributed by atoms with E-state index in [0.29, 0.717) is 16.6 Å². The van der Waals surface area contributed by atoms with Crippen LogP contribution >= 0.6 is 12.2 Å². The molecule has 2 aromatic heterocycles. The molecule has 6 nitrogen and oxygen atoms in total. The Kier molecular flexibility index (Phi) is 3.13. The Hall–Kier alpha value is -1.35. The SMILES string of the molecule is Cc1c(F)[nH]c2nc(=S)n([C@@H]3O[C@H](C)C(O)[C@@H]3O)cc12. The molecule has 0 aliphatic carbocycles. The van der Waals surface area contributed by atoms with Crippen molar-refractivity contribution in [3.05, 3.63) is 22.5 Å². The Balaban J connectivity index is 2.15. The number of nitrogens with zero attached hydrogens (tertiary/aromatic N) is 2. The van der Waals surface area contributed by atoms with Gasteiger partial charge in [0.25, 0.3) is 0 Å². The largest absolute Gasteiger partial charge is 0.388 e. The minimum absolute atomic E-state index is 0.143. The van der Waals surface area contributed by atoms with Crippen molar-refractivity contribution in [3.63, 3.8) is 0 Å². The van der Waals surface area contributed by atoms with Gasteiger partial charge < -0.3 is 19.9 Å². The standard InChI is InChI=1S/C12H14FN3O3S/c1-4-6-3-16(11-8(18)7(17)5(2)19-11)12(20)15-10(6)14-9(4)13/h3,5,7-8,11,17-18H,1-2H3,(H,14,15,20)/t5-,7?,8+,11-/m1/s1. The van der Waals surface area contributed by atoms with Gasteiger partial charge in [-0.3, -0.25) is 4.57 Å². The van der Waals surface area contributed by atoms with E-state index < -0.39 is 30.5 Å². The number of hydrogen-bond acceptors (Lipinski definition) is 5. The van der Waals surface area contributed by atoms with Crippen LogP contribution in [0, 0.1) is 17.6 Å². The normalized spacial score (nSPS) is 30.2. The van der Waals surface area contributed by atoms with Crippen molar-refractivity contribution in [2.24, 2.45) is 0 Å². The van der Waals surface area contributed by atoms with E-state index in [2.05, 4.69) is 9.97 Å². The number of aromatic nitrogens is 3. The van der Waals surface area contributed by atoms with Crippen molar-refractivity contribution < 1.29 is 19.3 Å². The van der Waals surface area contributed by atoms with Crippen LogP contribution in [0.1, 0.15) is 18.7 Å². The number of aromatic amines is 1. The zero-order chi connectivity index (χ0) is 14.6. The van der Waals surface area contributed by atoms with Gasteiger partial charge in [-0.05, 0) is 26.1 Å². The molecule has 1 aliphatic rings. The summed E-state index contributed by atoms with van der Waals surface area (Å²) in [7, 11) is 0. The second-order valence-electron chi connectivity index (χ2n) is 4.97. The van der Waals surface area contributed by atoms with Crippen molar-refractivity contribution in [2.45, 2.75) is 38.4 Å². The van der Waals surface area contributed by atoms with E-state index in [1.54, 1.807) is 20.0 Å². The van der Waals surface area contributed by atoms with E-state index in [9.17, 15) is 14.6 Å². The van der Waals surface area contributed by atoms with E-state index in [4.69, 9.17) is 17.0 Å². The molecular weight excluding hydrogens is 285 g/mol. The highest BCUT2D eigenvalue weighted by molar-refractivity contribution is 7.71. The molecule has 1 unspecified atom stereocenters. The molecule has 0 saturated carbocycles. The maximum atomic E-state index is 13.5. The number of aryl methyl sites for hydroxylation is 1. The number of ether oxygens (including phenoxy) is 1. The molecule has 4 atom stereocenters. The van der Waals surface area contributed by atoms with Crippen molar-refractivity contribution >= 4 is 23.3 Å². The molecule has 0 spiro atoms. The lowest BCUT2D eigenvalue weighted by Gasteiger charge is -2.18. The van der Waals surface area contributed by atoms with Gasteiger partial charge in [-0.25, -0.2) is 4.98 Å². The first-order valence-corrected chi connectivity index (χ1v) is 6.59. The lowest BCUT2D eigenvalue weighted by molar-refractivity contribution is -0.0336. The average molecular weight is 299 g/mol. The molecule has 0 radical (unpaired) electrons. The van der Waals surface area contributed by atoms with Crippen LogP contribution < -0.4 is 0 Å². The van der Waals surface area contributed by atoms with Gasteiger partial charge in [0.05, 0.1) is 6.10 Å². The lowest BCUT2D eigenvalue weighted by Crippen LogP contribution is -2.30. The minimum atomic E-state index is -1.11. The molecule has 1 saturated heterocycles. The van der Waals surface area contributed by atoms with Crippen LogP contribution in [-0.2, 0) is 4.74 Å². The number of hydrogen-bond donors (Lipinski definition) is 3. The maximum Gasteiger partial charge on any atom is 0.203 e. The van der Waals surface area contributed by atoms with E-state index in [1.165, 1.54) is 4.57 Å². The van der Waals surface area contributed by atoms with E-state index >= 15 is 0 Å². The van der Waals surface area contributed by atoms with Crippen LogP contribution in [0.15, 0.2) is 6.20 Å². The first-order chi connectivity index (χ1) is 9.40. The number of H-pyrrole nitrogens is 1. The van der Waals surface area contributed by atoms with E-state index in [0.717, 1.165) is 0 Å². The average Bonchev–Trinajstić information content (AvgIpc) is 2.81. The second kappa shape index (κ2) is 4.59. The smallest absolute Gasteiger partial charge is 0.203 e. The summed E-state index contributed by atoms with van der Waals surface area (Å²) in [5, 5.41) is 20.3. The van der Waals surface area contributed by atoms with Crippen LogP contribution in [0.25, 0.3) is 11.0 Å². The van der Waals surface area contributed by atoms with Gasteiger partial charge in [-0.15, -0.1) is 0 Å². The second-order valence-corrected chi connectivity index (χ2v) is 5.34. The van der Waals surface area contributed by atoms with Gasteiger partial charge in [0.15, 0.2) is 12.2 Å². The van der Waals surface area contributed by atoms with Crippen LogP contribution in [0.4, 0.5) is 4.39 Å². The molecule has 1 aliphatic heterocycles. The number of aliphatic hydroxyl groups excluding tert-OH is 2. The zero-order valence-corrected chi connectivity index (χ0v) is 11.7. The number of halogens is 1. The highest BCUT2D eigenvalue weighted by atomic mass is 32.1. The summed E-state index contributed by atoms with van der Waals surface area (Å²) in [5.74, 6) is -0.471. The fourth-order valence-corrected chi connectivity index (χ4v) is 2.64. The Labute approximate surface area is 118 Å². The molecule has 1 fully saturated rings. The third kappa shape index (κ3) is 1.87. The van der Waals surface area contributed by atoms with Gasteiger partial charge in [-0.1, -0.05) is 0 Å². The summed E-state index contributed by atoms with van der Waals surface area (Å²) in [6.45, 7) is 3.28. The molecule has 8 heteroatoms. The fraction of sp³-hybridized carbons (Fsp3) is 0.500. The topological polar surface area (TPSA) is 83.3 Å². The summed E-state index contributed by atoms with van der Waals surface area (Å²) in [4.78, 5) is 6.60. The summed E-state index contributed by atoms with van der Waals surface area (Å²) < 4.78 is 20.6. The number of nitrogens with one attached hydrogen (secondary N) is 1. The first-order valence-electron chi connectivity index (χ1n) is 6.18. The lowest BCUT2D eigenvalue weighted by atomic mass is 10.1. The van der Waals surface area contributed by atoms with Gasteiger partial charge in [0, 0.05) is 17.1 Å². The van der Waals surface area contributed by atoms with Gasteiger partial charge in [-0.2, -0.15) is 4.39 Å². The van der Waals surface area contributed by atoms with Gasteiger partial charge in [0.1, 0.15) is 17.9 Å². The Morgan fingerprint density at radius 1 is 1.45 bits per heavy atom. The summed E-state index contributed by atoms with van der Waals surface area (Å²) in [5.41, 5.74) is 0.764. The predicted molar refractivity (Wildman–Crippen MR) is 71.2 cm³/mol. The van der Waals surface area contributed by atoms with Crippen molar-refractivity contribution in [1.29, 1.82) is 0 Å². The van der Waals surface area contributed by atoms with E-state index in [1.807, 2.05) is 0 Å². The molecular formula is C12H14FN3O3S. The monoisotopic (exact) mass is 299 g/mol. The molecule has 3 heterocycles. The predicted octanol–water partition coefficient (Wildman–Crippen LogP) is 1.18. The van der Waals surface area contributed by atoms with E-state index in [-0.39, 0.29) is 4.77 Å². The molecule has 3 rings (SSSR count). The van der Waals surface area contributed by atoms with Crippen molar-refractivity contribution in [1.82, 2.24) is 14.5 Å². The molecule has 3 N–H and O–H groups in total. The van der Waals surface area contributed by atoms with Crippen molar-refractivity contribution in [2.75, 3.05) is 0 Å². The number of fused-ring (bicyclic) bond motifs is 1. The quantitative estimate of drug-likeness (QED) is 0.689. The number of rotatable bonds is 1. The molecule has 20 heavy (non-hydrogen) atoms. The zero-order valence-electron chi connectivity index (χ0n) is 10.9. The third-order valence-corrected chi connectivity index (χ3v) is 3.97. The Morgan fingerprint density at radius 2 is 2.15 bits per heavy atom. The number of aliphatic hydroxyl groups is 2. The molecule has 108 valence electrons. The van der Waals surface area contributed by atoms with Crippen LogP contribution in [-0.4, -0.2) is 43.1 Å². The highest BCUT2D eigenvalue weighted by Crippen LogP contribution is 2.30. The summed E-state index contributed by atoms with van der Waals surface area (Å²) in [6, 6.07) is 0. The minimum Gasteiger partial charge on any atom is -0.388 e. The van der Waals surface area contributed by atoms with Crippen LogP contribution in [0.3, 0.4) is 0 Å². The first kappa shape index (κ1) is 13.6. The molecule has 0 amide bonds. The third-order valence-electron chi connectivity index (χ3n) is 3.66. The van der Waals surface area contributed by atoms with Crippen LogP contribution in [0.5, 0.6) is 0 Å². The summed E-state index contributed by atoms with van der Waals surface area (Å²) >= 11 is 5.14. The van der Waals surface area contributed by atoms with Gasteiger partial charge >= 0.3 is 0 Å². The summed E-state index contributed by atoms with van der Waals surface area (Å²) in [6.07, 6.45) is -1.88. The molecule has 2 aromatic rings. The van der Waals surface area contributed by atoms with Crippen LogP contribution in [0.2, 0.25) is 0 Å².